The lowest BCUT2D eigenvalue weighted by molar-refractivity contribution is -0.119. The highest BCUT2D eigenvalue weighted by Gasteiger charge is 2.36. The Labute approximate surface area is 212 Å². The third-order valence-corrected chi connectivity index (χ3v) is 7.60. The van der Waals surface area contributed by atoms with Crippen LogP contribution in [0, 0.1) is 0 Å². The molecule has 1 saturated heterocycles. The molecule has 176 valence electrons. The quantitative estimate of drug-likeness (QED) is 0.344. The molecule has 5 rings (SSSR count). The van der Waals surface area contributed by atoms with Gasteiger partial charge in [0.2, 0.25) is 5.91 Å². The van der Waals surface area contributed by atoms with Crippen LogP contribution in [0.15, 0.2) is 91.0 Å². The molecule has 8 heteroatoms. The van der Waals surface area contributed by atoms with Crippen LogP contribution in [-0.4, -0.2) is 39.6 Å². The van der Waals surface area contributed by atoms with Crippen molar-refractivity contribution in [2.75, 3.05) is 16.9 Å². The first-order valence-electron chi connectivity index (χ1n) is 11.2. The molecule has 1 aromatic heterocycles. The number of hydrogen-bond donors (Lipinski definition) is 1. The number of amides is 2. The number of nitrogens with zero attached hydrogens (tertiary/aromatic N) is 2. The molecule has 1 aliphatic heterocycles. The van der Waals surface area contributed by atoms with E-state index in [-0.39, 0.29) is 12.5 Å². The summed E-state index contributed by atoms with van der Waals surface area (Å²) in [5, 5.41) is 3.45. The van der Waals surface area contributed by atoms with E-state index < -0.39 is 12.1 Å². The standard InChI is InChI=1S/C27H23N3O3S2/c31-25(22-17-34-18-30(22)27(32)33-16-19-10-4-1-5-11-19)29-26-28-23(20-12-6-2-7-13-20)24(35-26)21-14-8-3-9-15-21/h1-15,22H,16-18H2,(H,28,29,31)/t22-/m1/s1. The zero-order valence-electron chi connectivity index (χ0n) is 18.8. The van der Waals surface area contributed by atoms with Gasteiger partial charge in [-0.25, -0.2) is 9.78 Å². The van der Waals surface area contributed by atoms with E-state index in [0.29, 0.717) is 16.8 Å². The number of ether oxygens (including phenoxy) is 1. The molecule has 3 aromatic carbocycles. The van der Waals surface area contributed by atoms with Gasteiger partial charge in [-0.15, -0.1) is 11.8 Å². The van der Waals surface area contributed by atoms with Gasteiger partial charge < -0.3 is 10.1 Å². The van der Waals surface area contributed by atoms with E-state index in [0.717, 1.165) is 27.3 Å². The highest BCUT2D eigenvalue weighted by molar-refractivity contribution is 7.99. The highest BCUT2D eigenvalue weighted by atomic mass is 32.2. The molecule has 4 aromatic rings. The van der Waals surface area contributed by atoms with Gasteiger partial charge in [0.15, 0.2) is 5.13 Å². The van der Waals surface area contributed by atoms with Crippen LogP contribution in [0.3, 0.4) is 0 Å². The first kappa shape index (κ1) is 23.1. The third kappa shape index (κ3) is 5.39. The van der Waals surface area contributed by atoms with Crippen LogP contribution < -0.4 is 5.32 Å². The van der Waals surface area contributed by atoms with Crippen LogP contribution in [0.5, 0.6) is 0 Å². The lowest BCUT2D eigenvalue weighted by Crippen LogP contribution is -2.44. The Morgan fingerprint density at radius 3 is 2.23 bits per heavy atom. The van der Waals surface area contributed by atoms with Crippen molar-refractivity contribution in [3.63, 3.8) is 0 Å². The lowest BCUT2D eigenvalue weighted by atomic mass is 10.1. The smallest absolute Gasteiger partial charge is 0.411 e. The topological polar surface area (TPSA) is 71.5 Å². The molecule has 0 unspecified atom stereocenters. The van der Waals surface area contributed by atoms with Crippen molar-refractivity contribution in [3.05, 3.63) is 96.6 Å². The molecule has 1 N–H and O–H groups in total. The molecule has 2 amide bonds. The molecule has 1 atom stereocenters. The molecule has 0 spiro atoms. The van der Waals surface area contributed by atoms with Crippen molar-refractivity contribution >= 4 is 40.2 Å². The van der Waals surface area contributed by atoms with Crippen molar-refractivity contribution in [3.8, 4) is 21.7 Å². The van der Waals surface area contributed by atoms with Gasteiger partial charge in [-0.1, -0.05) is 102 Å². The van der Waals surface area contributed by atoms with E-state index in [9.17, 15) is 9.59 Å². The summed E-state index contributed by atoms with van der Waals surface area (Å²) < 4.78 is 5.46. The van der Waals surface area contributed by atoms with Gasteiger partial charge in [0.25, 0.3) is 0 Å². The minimum atomic E-state index is -0.618. The number of anilines is 1. The number of thiazole rings is 1. The van der Waals surface area contributed by atoms with Gasteiger partial charge in [0.1, 0.15) is 12.6 Å². The minimum Gasteiger partial charge on any atom is -0.445 e. The first-order valence-corrected chi connectivity index (χ1v) is 13.1. The Balaban J connectivity index is 1.32. The van der Waals surface area contributed by atoms with E-state index in [2.05, 4.69) is 5.32 Å². The largest absolute Gasteiger partial charge is 0.445 e. The molecule has 0 radical (unpaired) electrons. The van der Waals surface area contributed by atoms with Crippen molar-refractivity contribution < 1.29 is 14.3 Å². The number of benzene rings is 3. The summed E-state index contributed by atoms with van der Waals surface area (Å²) in [4.78, 5) is 33.1. The lowest BCUT2D eigenvalue weighted by Gasteiger charge is -2.22. The van der Waals surface area contributed by atoms with Crippen molar-refractivity contribution in [1.82, 2.24) is 9.88 Å². The molecule has 6 nitrogen and oxygen atoms in total. The number of nitrogens with one attached hydrogen (secondary N) is 1. The molecular weight excluding hydrogens is 478 g/mol. The van der Waals surface area contributed by atoms with Gasteiger partial charge in [0, 0.05) is 11.3 Å². The SMILES string of the molecule is O=C(Nc1nc(-c2ccccc2)c(-c2ccccc2)s1)[C@H]1CSCN1C(=O)OCc1ccccc1. The zero-order valence-corrected chi connectivity index (χ0v) is 20.4. The molecule has 2 heterocycles. The third-order valence-electron chi connectivity index (χ3n) is 5.57. The van der Waals surface area contributed by atoms with Gasteiger partial charge in [-0.3, -0.25) is 9.69 Å². The fourth-order valence-electron chi connectivity index (χ4n) is 3.78. The van der Waals surface area contributed by atoms with Crippen LogP contribution in [0.2, 0.25) is 0 Å². The minimum absolute atomic E-state index is 0.169. The van der Waals surface area contributed by atoms with Crippen molar-refractivity contribution in [1.29, 1.82) is 0 Å². The summed E-state index contributed by atoms with van der Waals surface area (Å²) in [6.45, 7) is 0.169. The summed E-state index contributed by atoms with van der Waals surface area (Å²) >= 11 is 2.96. The second-order valence-electron chi connectivity index (χ2n) is 7.94. The molecule has 35 heavy (non-hydrogen) atoms. The van der Waals surface area contributed by atoms with Gasteiger partial charge in [-0.2, -0.15) is 0 Å². The summed E-state index contributed by atoms with van der Waals surface area (Å²) in [5.41, 5.74) is 3.73. The molecule has 0 saturated carbocycles. The Morgan fingerprint density at radius 1 is 0.914 bits per heavy atom. The number of carbonyl (C=O) groups excluding carboxylic acids is 2. The number of thioether (sulfide) groups is 1. The highest BCUT2D eigenvalue weighted by Crippen LogP contribution is 2.39. The molecule has 1 aliphatic rings. The average Bonchev–Trinajstić information content (AvgIpc) is 3.57. The van der Waals surface area contributed by atoms with E-state index in [1.54, 1.807) is 0 Å². The Kier molecular flexibility index (Phi) is 7.11. The van der Waals surface area contributed by atoms with E-state index in [1.165, 1.54) is 28.0 Å². The predicted octanol–water partition coefficient (Wildman–Crippen LogP) is 6.13. The van der Waals surface area contributed by atoms with E-state index >= 15 is 0 Å². The van der Waals surface area contributed by atoms with Crippen molar-refractivity contribution in [2.24, 2.45) is 0 Å². The second kappa shape index (κ2) is 10.8. The monoisotopic (exact) mass is 501 g/mol. The maximum absolute atomic E-state index is 13.2. The molecule has 0 bridgehead atoms. The average molecular weight is 502 g/mol. The number of rotatable bonds is 6. The Bertz CT molecular complexity index is 1240. The fraction of sp³-hybridized carbons (Fsp3) is 0.148. The molecule has 1 fully saturated rings. The maximum Gasteiger partial charge on any atom is 0.411 e. The summed E-state index contributed by atoms with van der Waals surface area (Å²) in [6.07, 6.45) is -0.493. The van der Waals surface area contributed by atoms with Crippen LogP contribution >= 0.6 is 23.1 Å². The molecule has 0 aliphatic carbocycles. The number of carbonyl (C=O) groups is 2. The van der Waals surface area contributed by atoms with Gasteiger partial charge in [0.05, 0.1) is 16.4 Å². The van der Waals surface area contributed by atoms with Crippen molar-refractivity contribution in [2.45, 2.75) is 12.6 Å². The fourth-order valence-corrected chi connectivity index (χ4v) is 5.92. The first-order chi connectivity index (χ1) is 17.2. The van der Waals surface area contributed by atoms with Crippen LogP contribution in [0.4, 0.5) is 9.93 Å². The van der Waals surface area contributed by atoms with Crippen LogP contribution in [0.1, 0.15) is 5.56 Å². The Hall–Kier alpha value is -3.62. The van der Waals surface area contributed by atoms with Gasteiger partial charge >= 0.3 is 6.09 Å². The normalized spacial score (nSPS) is 15.1. The maximum atomic E-state index is 13.2. The number of aromatic nitrogens is 1. The van der Waals surface area contributed by atoms with Crippen LogP contribution in [0.25, 0.3) is 21.7 Å². The molecular formula is C27H23N3O3S2. The van der Waals surface area contributed by atoms with Gasteiger partial charge in [-0.05, 0) is 11.1 Å². The number of hydrogen-bond acceptors (Lipinski definition) is 6. The van der Waals surface area contributed by atoms with E-state index in [1.807, 2.05) is 91.0 Å². The predicted molar refractivity (Wildman–Crippen MR) is 141 cm³/mol. The van der Waals surface area contributed by atoms with Crippen LogP contribution in [-0.2, 0) is 16.1 Å². The summed E-state index contributed by atoms with van der Waals surface area (Å²) in [5.74, 6) is 0.655. The summed E-state index contributed by atoms with van der Waals surface area (Å²) in [7, 11) is 0. The zero-order chi connectivity index (χ0) is 24.0. The second-order valence-corrected chi connectivity index (χ2v) is 9.94. The Morgan fingerprint density at radius 2 is 1.54 bits per heavy atom. The van der Waals surface area contributed by atoms with E-state index in [4.69, 9.17) is 9.72 Å². The summed E-state index contributed by atoms with van der Waals surface area (Å²) in [6, 6.07) is 28.8.